The van der Waals surface area contributed by atoms with E-state index in [2.05, 4.69) is 15.0 Å². The summed E-state index contributed by atoms with van der Waals surface area (Å²) in [6.07, 6.45) is -3.44. The molecule has 0 aliphatic carbocycles. The van der Waals surface area contributed by atoms with E-state index in [0.29, 0.717) is 0 Å². The molecule has 0 bridgehead atoms. The van der Waals surface area contributed by atoms with Crippen LogP contribution in [0.2, 0.25) is 0 Å². The normalized spacial score (nSPS) is 10.8. The number of hydrogen-bond donors (Lipinski definition) is 1. The van der Waals surface area contributed by atoms with Crippen molar-refractivity contribution in [2.75, 3.05) is 6.61 Å². The molecule has 2 rings (SSSR count). The lowest BCUT2D eigenvalue weighted by Crippen LogP contribution is -2.29. The maximum absolute atomic E-state index is 12.3. The summed E-state index contributed by atoms with van der Waals surface area (Å²) in [4.78, 5) is 27.1. The second-order valence-corrected chi connectivity index (χ2v) is 4.72. The lowest BCUT2D eigenvalue weighted by Gasteiger charge is -2.13. The standard InChI is InChI=1S/C16H13F3N2O4/c17-16(18,19)25-13-7-2-1-5-11(13)9-21-14(22)10-24-15(23)12-6-3-4-8-20-12/h1-8H,9-10H2,(H,21,22). The molecule has 0 unspecified atom stereocenters. The third-order valence-electron chi connectivity index (χ3n) is 2.88. The first-order valence-electron chi connectivity index (χ1n) is 7.03. The molecule has 6 nitrogen and oxygen atoms in total. The number of pyridine rings is 1. The smallest absolute Gasteiger partial charge is 0.451 e. The monoisotopic (exact) mass is 354 g/mol. The molecular weight excluding hydrogens is 341 g/mol. The van der Waals surface area contributed by atoms with Crippen molar-refractivity contribution < 1.29 is 32.2 Å². The van der Waals surface area contributed by atoms with Gasteiger partial charge in [0.25, 0.3) is 5.91 Å². The predicted octanol–water partition coefficient (Wildman–Crippen LogP) is 2.45. The van der Waals surface area contributed by atoms with Crippen molar-refractivity contribution in [1.82, 2.24) is 10.3 Å². The Bertz CT molecular complexity index is 736. The van der Waals surface area contributed by atoms with Gasteiger partial charge in [-0.1, -0.05) is 24.3 Å². The van der Waals surface area contributed by atoms with E-state index in [0.717, 1.165) is 6.07 Å². The highest BCUT2D eigenvalue weighted by Gasteiger charge is 2.31. The molecule has 0 fully saturated rings. The molecule has 1 heterocycles. The zero-order valence-electron chi connectivity index (χ0n) is 12.7. The van der Waals surface area contributed by atoms with Crippen LogP contribution >= 0.6 is 0 Å². The van der Waals surface area contributed by atoms with Gasteiger partial charge in [0.15, 0.2) is 6.61 Å². The van der Waals surface area contributed by atoms with Crippen LogP contribution in [0.3, 0.4) is 0 Å². The summed E-state index contributed by atoms with van der Waals surface area (Å²) in [5, 5.41) is 2.35. The quantitative estimate of drug-likeness (QED) is 0.807. The van der Waals surface area contributed by atoms with E-state index in [1.165, 1.54) is 30.5 Å². The van der Waals surface area contributed by atoms with Gasteiger partial charge in [0, 0.05) is 18.3 Å². The average Bonchev–Trinajstić information content (AvgIpc) is 2.58. The van der Waals surface area contributed by atoms with Crippen molar-refractivity contribution in [3.05, 3.63) is 59.9 Å². The van der Waals surface area contributed by atoms with E-state index in [1.807, 2.05) is 0 Å². The topological polar surface area (TPSA) is 77.5 Å². The van der Waals surface area contributed by atoms with Crippen molar-refractivity contribution in [3.63, 3.8) is 0 Å². The fourth-order valence-electron chi connectivity index (χ4n) is 1.81. The fraction of sp³-hybridized carbons (Fsp3) is 0.188. The highest BCUT2D eigenvalue weighted by Crippen LogP contribution is 2.25. The summed E-state index contributed by atoms with van der Waals surface area (Å²) < 4.78 is 45.6. The van der Waals surface area contributed by atoms with Crippen LogP contribution in [-0.4, -0.2) is 29.8 Å². The Morgan fingerprint density at radius 2 is 1.80 bits per heavy atom. The number of carbonyl (C=O) groups is 2. The molecule has 132 valence electrons. The molecular formula is C16H13F3N2O4. The Morgan fingerprint density at radius 3 is 2.48 bits per heavy atom. The second-order valence-electron chi connectivity index (χ2n) is 4.72. The zero-order valence-corrected chi connectivity index (χ0v) is 12.7. The average molecular weight is 354 g/mol. The molecule has 1 N–H and O–H groups in total. The number of amides is 1. The lowest BCUT2D eigenvalue weighted by atomic mass is 10.2. The van der Waals surface area contributed by atoms with Crippen molar-refractivity contribution >= 4 is 11.9 Å². The van der Waals surface area contributed by atoms with Crippen LogP contribution in [0.15, 0.2) is 48.7 Å². The van der Waals surface area contributed by atoms with Gasteiger partial charge in [0.1, 0.15) is 11.4 Å². The Labute approximate surface area is 140 Å². The van der Waals surface area contributed by atoms with Crippen LogP contribution in [0.1, 0.15) is 16.1 Å². The third kappa shape index (κ3) is 6.13. The molecule has 25 heavy (non-hydrogen) atoms. The van der Waals surface area contributed by atoms with Gasteiger partial charge in [-0.25, -0.2) is 9.78 Å². The molecule has 0 atom stereocenters. The summed E-state index contributed by atoms with van der Waals surface area (Å²) in [6.45, 7) is -0.802. The molecule has 1 aromatic carbocycles. The first-order valence-corrected chi connectivity index (χ1v) is 7.03. The third-order valence-corrected chi connectivity index (χ3v) is 2.88. The van der Waals surface area contributed by atoms with Crippen LogP contribution in [0.5, 0.6) is 5.75 Å². The number of alkyl halides is 3. The molecule has 0 radical (unpaired) electrons. The molecule has 1 aromatic heterocycles. The number of rotatable bonds is 6. The van der Waals surface area contributed by atoms with Crippen molar-refractivity contribution in [2.24, 2.45) is 0 Å². The van der Waals surface area contributed by atoms with Crippen LogP contribution in [0.4, 0.5) is 13.2 Å². The molecule has 0 aliphatic heterocycles. The van der Waals surface area contributed by atoms with Gasteiger partial charge in [-0.15, -0.1) is 13.2 Å². The molecule has 2 aromatic rings. The van der Waals surface area contributed by atoms with E-state index < -0.39 is 30.6 Å². The number of halogens is 3. The van der Waals surface area contributed by atoms with Crippen LogP contribution in [0.25, 0.3) is 0 Å². The Kier molecular flexibility index (Phi) is 5.93. The molecule has 0 aliphatic rings. The summed E-state index contributed by atoms with van der Waals surface area (Å²) in [5.41, 5.74) is 0.170. The molecule has 0 saturated carbocycles. The van der Waals surface area contributed by atoms with E-state index >= 15 is 0 Å². The number of aromatic nitrogens is 1. The Balaban J connectivity index is 1.85. The first kappa shape index (κ1) is 18.2. The molecule has 0 spiro atoms. The van der Waals surface area contributed by atoms with Gasteiger partial charge < -0.3 is 14.8 Å². The minimum Gasteiger partial charge on any atom is -0.451 e. The van der Waals surface area contributed by atoms with E-state index in [-0.39, 0.29) is 17.8 Å². The number of hydrogen-bond acceptors (Lipinski definition) is 5. The summed E-state index contributed by atoms with van der Waals surface area (Å²) >= 11 is 0. The van der Waals surface area contributed by atoms with Gasteiger partial charge in [0.2, 0.25) is 0 Å². The van der Waals surface area contributed by atoms with E-state index in [1.54, 1.807) is 12.1 Å². The summed E-state index contributed by atoms with van der Waals surface area (Å²) in [5.74, 6) is -1.87. The summed E-state index contributed by atoms with van der Waals surface area (Å²) in [6, 6.07) is 10.0. The highest BCUT2D eigenvalue weighted by molar-refractivity contribution is 5.89. The van der Waals surface area contributed by atoms with Gasteiger partial charge in [0.05, 0.1) is 0 Å². The Hall–Kier alpha value is -3.10. The van der Waals surface area contributed by atoms with Gasteiger partial charge in [-0.05, 0) is 18.2 Å². The largest absolute Gasteiger partial charge is 0.573 e. The van der Waals surface area contributed by atoms with Crippen molar-refractivity contribution in [3.8, 4) is 5.75 Å². The second kappa shape index (κ2) is 8.13. The molecule has 0 saturated heterocycles. The van der Waals surface area contributed by atoms with E-state index in [9.17, 15) is 22.8 Å². The predicted molar refractivity (Wildman–Crippen MR) is 79.5 cm³/mol. The van der Waals surface area contributed by atoms with E-state index in [4.69, 9.17) is 4.74 Å². The SMILES string of the molecule is O=C(COC(=O)c1ccccn1)NCc1ccccc1OC(F)(F)F. The summed E-state index contributed by atoms with van der Waals surface area (Å²) in [7, 11) is 0. The maximum atomic E-state index is 12.3. The highest BCUT2D eigenvalue weighted by atomic mass is 19.4. The maximum Gasteiger partial charge on any atom is 0.573 e. The van der Waals surface area contributed by atoms with Crippen LogP contribution in [0, 0.1) is 0 Å². The molecule has 1 amide bonds. The van der Waals surface area contributed by atoms with Gasteiger partial charge >= 0.3 is 12.3 Å². The number of para-hydroxylation sites is 1. The fourth-order valence-corrected chi connectivity index (χ4v) is 1.81. The number of benzene rings is 1. The lowest BCUT2D eigenvalue weighted by molar-refractivity contribution is -0.274. The van der Waals surface area contributed by atoms with Gasteiger partial charge in [-0.3, -0.25) is 4.79 Å². The number of nitrogens with zero attached hydrogens (tertiary/aromatic N) is 1. The number of ether oxygens (including phenoxy) is 2. The minimum absolute atomic E-state index is 0.0409. The number of esters is 1. The van der Waals surface area contributed by atoms with Crippen molar-refractivity contribution in [1.29, 1.82) is 0 Å². The van der Waals surface area contributed by atoms with Crippen LogP contribution in [-0.2, 0) is 16.1 Å². The Morgan fingerprint density at radius 1 is 1.08 bits per heavy atom. The number of nitrogens with one attached hydrogen (secondary N) is 1. The zero-order chi connectivity index (χ0) is 18.3. The first-order chi connectivity index (χ1) is 11.8. The van der Waals surface area contributed by atoms with Crippen molar-refractivity contribution in [2.45, 2.75) is 12.9 Å². The number of carbonyl (C=O) groups excluding carboxylic acids is 2. The minimum atomic E-state index is -4.83. The van der Waals surface area contributed by atoms with Crippen LogP contribution < -0.4 is 10.1 Å². The molecule has 9 heteroatoms. The van der Waals surface area contributed by atoms with Gasteiger partial charge in [-0.2, -0.15) is 0 Å².